The van der Waals surface area contributed by atoms with Crippen molar-refractivity contribution >= 4 is 12.0 Å². The monoisotopic (exact) mass is 290 g/mol. The molecule has 3 N–H and O–H groups in total. The molecule has 0 fully saturated rings. The van der Waals surface area contributed by atoms with E-state index >= 15 is 0 Å². The van der Waals surface area contributed by atoms with Gasteiger partial charge in [0.25, 0.3) is 0 Å². The Balaban J connectivity index is 4.40. The van der Waals surface area contributed by atoms with Crippen molar-refractivity contribution in [2.75, 3.05) is 33.4 Å². The van der Waals surface area contributed by atoms with Crippen LogP contribution in [0.5, 0.6) is 0 Å². The van der Waals surface area contributed by atoms with Gasteiger partial charge in [-0.25, -0.2) is 4.79 Å². The van der Waals surface area contributed by atoms with Crippen molar-refractivity contribution in [2.45, 2.75) is 32.8 Å². The van der Waals surface area contributed by atoms with E-state index in [2.05, 4.69) is 5.32 Å². The van der Waals surface area contributed by atoms with E-state index in [0.29, 0.717) is 25.6 Å². The van der Waals surface area contributed by atoms with E-state index < -0.39 is 18.0 Å². The summed E-state index contributed by atoms with van der Waals surface area (Å²) >= 11 is 0. The Morgan fingerprint density at radius 3 is 2.45 bits per heavy atom. The third kappa shape index (κ3) is 8.71. The molecule has 0 aromatic rings. The van der Waals surface area contributed by atoms with E-state index in [1.165, 1.54) is 6.92 Å². The van der Waals surface area contributed by atoms with Crippen molar-refractivity contribution in [3.63, 3.8) is 0 Å². The molecule has 1 unspecified atom stereocenters. The number of carboxylic acid groups (broad SMARTS) is 1. The maximum atomic E-state index is 12.0. The number of carbonyl (C=O) groups excluding carboxylic acids is 1. The van der Waals surface area contributed by atoms with Crippen molar-refractivity contribution < 1.29 is 24.5 Å². The number of methoxy groups -OCH3 is 1. The lowest BCUT2D eigenvalue weighted by molar-refractivity contribution is -0.141. The molecular weight excluding hydrogens is 264 g/mol. The van der Waals surface area contributed by atoms with Gasteiger partial charge >= 0.3 is 12.0 Å². The maximum absolute atomic E-state index is 12.0. The minimum atomic E-state index is -1.47. The molecule has 0 saturated heterocycles. The van der Waals surface area contributed by atoms with Gasteiger partial charge < -0.3 is 25.2 Å². The smallest absolute Gasteiger partial charge is 0.317 e. The second kappa shape index (κ2) is 8.76. The number of amides is 2. The number of nitrogens with one attached hydrogen (secondary N) is 1. The average Bonchev–Trinajstić information content (AvgIpc) is 2.29. The van der Waals surface area contributed by atoms with Gasteiger partial charge in [0, 0.05) is 26.7 Å². The molecule has 0 aromatic carbocycles. The van der Waals surface area contributed by atoms with Gasteiger partial charge in [-0.05, 0) is 12.8 Å². The van der Waals surface area contributed by atoms with Gasteiger partial charge in [0.2, 0.25) is 0 Å². The molecule has 0 aliphatic heterocycles. The van der Waals surface area contributed by atoms with Gasteiger partial charge in [0.05, 0.1) is 18.6 Å². The molecule has 0 bridgehead atoms. The molecule has 0 radical (unpaired) electrons. The third-order valence-corrected chi connectivity index (χ3v) is 2.59. The zero-order valence-corrected chi connectivity index (χ0v) is 12.7. The normalized spacial score (nSPS) is 13.9. The van der Waals surface area contributed by atoms with Crippen LogP contribution in [0.3, 0.4) is 0 Å². The first kappa shape index (κ1) is 18.7. The lowest BCUT2D eigenvalue weighted by Gasteiger charge is -2.27. The van der Waals surface area contributed by atoms with Crippen LogP contribution in [0.4, 0.5) is 4.79 Å². The van der Waals surface area contributed by atoms with Crippen LogP contribution in [0.15, 0.2) is 0 Å². The van der Waals surface area contributed by atoms with Gasteiger partial charge in [0.1, 0.15) is 0 Å². The van der Waals surface area contributed by atoms with Crippen molar-refractivity contribution in [3.05, 3.63) is 0 Å². The van der Waals surface area contributed by atoms with Gasteiger partial charge in [-0.3, -0.25) is 4.79 Å². The van der Waals surface area contributed by atoms with E-state index in [0.717, 1.165) is 0 Å². The van der Waals surface area contributed by atoms with Crippen LogP contribution in [-0.2, 0) is 9.53 Å². The van der Waals surface area contributed by atoms with Crippen LogP contribution in [0.2, 0.25) is 0 Å². The number of hydrogen-bond donors (Lipinski definition) is 3. The van der Waals surface area contributed by atoms with Crippen LogP contribution in [0, 0.1) is 5.92 Å². The zero-order valence-electron chi connectivity index (χ0n) is 12.7. The molecule has 0 spiro atoms. The first-order chi connectivity index (χ1) is 9.18. The molecule has 0 aromatic heterocycles. The highest BCUT2D eigenvalue weighted by molar-refractivity contribution is 5.74. The molecule has 1 atom stereocenters. The summed E-state index contributed by atoms with van der Waals surface area (Å²) in [5.41, 5.74) is -1.47. The molecule has 0 saturated carbocycles. The standard InChI is InChI=1S/C13H26N2O5/c1-10(2)8-15(5-6-20-4)12(18)14-9-13(3,19)7-11(16)17/h10,19H,5-9H2,1-4H3,(H,14,18)(H,16,17). The van der Waals surface area contributed by atoms with E-state index in [1.54, 1.807) is 12.0 Å². The lowest BCUT2D eigenvalue weighted by atomic mass is 10.0. The van der Waals surface area contributed by atoms with Crippen molar-refractivity contribution in [3.8, 4) is 0 Å². The Morgan fingerprint density at radius 1 is 1.40 bits per heavy atom. The molecule has 2 amide bonds. The molecule has 20 heavy (non-hydrogen) atoms. The van der Waals surface area contributed by atoms with Gasteiger partial charge in [-0.15, -0.1) is 0 Å². The highest BCUT2D eigenvalue weighted by atomic mass is 16.5. The SMILES string of the molecule is COCCN(CC(C)C)C(=O)NCC(C)(O)CC(=O)O. The van der Waals surface area contributed by atoms with Crippen molar-refractivity contribution in [1.82, 2.24) is 10.2 Å². The van der Waals surface area contributed by atoms with E-state index in [9.17, 15) is 14.7 Å². The fourth-order valence-corrected chi connectivity index (χ4v) is 1.68. The van der Waals surface area contributed by atoms with Crippen LogP contribution in [0.25, 0.3) is 0 Å². The van der Waals surface area contributed by atoms with Gasteiger partial charge in [0.15, 0.2) is 0 Å². The number of carbonyl (C=O) groups is 2. The van der Waals surface area contributed by atoms with Crippen molar-refractivity contribution in [2.24, 2.45) is 5.92 Å². The van der Waals surface area contributed by atoms with E-state index in [1.807, 2.05) is 13.8 Å². The van der Waals surface area contributed by atoms with Gasteiger partial charge in [-0.1, -0.05) is 13.8 Å². The fourth-order valence-electron chi connectivity index (χ4n) is 1.68. The first-order valence-corrected chi connectivity index (χ1v) is 6.64. The average molecular weight is 290 g/mol. The van der Waals surface area contributed by atoms with Crippen LogP contribution >= 0.6 is 0 Å². The molecule has 118 valence electrons. The van der Waals surface area contributed by atoms with Crippen LogP contribution in [0.1, 0.15) is 27.2 Å². The number of carboxylic acids is 1. The first-order valence-electron chi connectivity index (χ1n) is 6.64. The second-order valence-corrected chi connectivity index (χ2v) is 5.56. The largest absolute Gasteiger partial charge is 0.481 e. The molecule has 0 aliphatic carbocycles. The molecule has 0 aliphatic rings. The summed E-state index contributed by atoms with van der Waals surface area (Å²) in [5.74, 6) is -0.806. The van der Waals surface area contributed by atoms with Crippen molar-refractivity contribution in [1.29, 1.82) is 0 Å². The number of nitrogens with zero attached hydrogens (tertiary/aromatic N) is 1. The summed E-state index contributed by atoms with van der Waals surface area (Å²) < 4.78 is 4.95. The Morgan fingerprint density at radius 2 is 2.00 bits per heavy atom. The fraction of sp³-hybridized carbons (Fsp3) is 0.846. The number of aliphatic hydroxyl groups is 1. The molecule has 7 nitrogen and oxygen atoms in total. The minimum Gasteiger partial charge on any atom is -0.481 e. The summed E-state index contributed by atoms with van der Waals surface area (Å²) in [6.45, 7) is 6.69. The molecule has 0 heterocycles. The summed E-state index contributed by atoms with van der Waals surface area (Å²) in [6, 6.07) is -0.332. The Bertz CT molecular complexity index is 318. The Kier molecular flexibility index (Phi) is 8.17. The minimum absolute atomic E-state index is 0.111. The van der Waals surface area contributed by atoms with Gasteiger partial charge in [-0.2, -0.15) is 0 Å². The van der Waals surface area contributed by atoms with Crippen LogP contribution in [-0.4, -0.2) is 66.1 Å². The predicted octanol–water partition coefficient (Wildman–Crippen LogP) is 0.526. The summed E-state index contributed by atoms with van der Waals surface area (Å²) in [7, 11) is 1.56. The number of hydrogen-bond acceptors (Lipinski definition) is 4. The number of ether oxygens (including phenoxy) is 1. The highest BCUT2D eigenvalue weighted by Gasteiger charge is 2.26. The number of aliphatic carboxylic acids is 1. The van der Waals surface area contributed by atoms with Crippen LogP contribution < -0.4 is 5.32 Å². The topological polar surface area (TPSA) is 99.1 Å². The molecular formula is C13H26N2O5. The second-order valence-electron chi connectivity index (χ2n) is 5.56. The van der Waals surface area contributed by atoms with E-state index in [4.69, 9.17) is 9.84 Å². The third-order valence-electron chi connectivity index (χ3n) is 2.59. The quantitative estimate of drug-likeness (QED) is 0.575. The zero-order chi connectivity index (χ0) is 15.8. The predicted molar refractivity (Wildman–Crippen MR) is 74.6 cm³/mol. The lowest BCUT2D eigenvalue weighted by Crippen LogP contribution is -2.49. The summed E-state index contributed by atoms with van der Waals surface area (Å²) in [5, 5.41) is 21.1. The molecule has 7 heteroatoms. The number of rotatable bonds is 9. The summed E-state index contributed by atoms with van der Waals surface area (Å²) in [6.07, 6.45) is -0.421. The highest BCUT2D eigenvalue weighted by Crippen LogP contribution is 2.08. The molecule has 0 rings (SSSR count). The summed E-state index contributed by atoms with van der Waals surface area (Å²) in [4.78, 5) is 24.2. The maximum Gasteiger partial charge on any atom is 0.317 e. The Hall–Kier alpha value is -1.34. The Labute approximate surface area is 119 Å². The van der Waals surface area contributed by atoms with E-state index in [-0.39, 0.29) is 12.6 Å². The number of urea groups is 1.